The zero-order chi connectivity index (χ0) is 19.9. The molecule has 2 aromatic carbocycles. The monoisotopic (exact) mass is 380 g/mol. The van der Waals surface area contributed by atoms with Crippen LogP contribution in [0.2, 0.25) is 0 Å². The summed E-state index contributed by atoms with van der Waals surface area (Å²) < 4.78 is 5.42. The van der Waals surface area contributed by atoms with Gasteiger partial charge in [-0.1, -0.05) is 35.9 Å². The SMILES string of the molecule is CN=C(NCCc1cc(C)ccc1OC)NCC(=O)N1CCc2ccccc21. The molecular formula is C22H28N4O2. The summed E-state index contributed by atoms with van der Waals surface area (Å²) >= 11 is 0. The number of fused-ring (bicyclic) bond motifs is 1. The van der Waals surface area contributed by atoms with Crippen LogP contribution >= 0.6 is 0 Å². The number of carbonyl (C=O) groups excluding carboxylic acids is 1. The molecule has 1 aliphatic rings. The number of benzene rings is 2. The van der Waals surface area contributed by atoms with E-state index in [-0.39, 0.29) is 12.5 Å². The molecule has 0 aliphatic carbocycles. The lowest BCUT2D eigenvalue weighted by molar-refractivity contribution is -0.117. The fourth-order valence-electron chi connectivity index (χ4n) is 3.49. The number of nitrogens with one attached hydrogen (secondary N) is 2. The minimum Gasteiger partial charge on any atom is -0.496 e. The van der Waals surface area contributed by atoms with Gasteiger partial charge in [0.15, 0.2) is 5.96 Å². The first-order valence-electron chi connectivity index (χ1n) is 9.58. The van der Waals surface area contributed by atoms with Crippen LogP contribution in [0.1, 0.15) is 16.7 Å². The quantitative estimate of drug-likeness (QED) is 0.596. The molecule has 148 valence electrons. The van der Waals surface area contributed by atoms with Gasteiger partial charge in [-0.05, 0) is 43.0 Å². The Morgan fingerprint density at radius 1 is 1.21 bits per heavy atom. The Hall–Kier alpha value is -3.02. The number of amides is 1. The lowest BCUT2D eigenvalue weighted by Crippen LogP contribution is -2.44. The molecule has 1 heterocycles. The van der Waals surface area contributed by atoms with Crippen LogP contribution in [0.25, 0.3) is 0 Å². The van der Waals surface area contributed by atoms with Crippen LogP contribution in [0.15, 0.2) is 47.5 Å². The van der Waals surface area contributed by atoms with Crippen LogP contribution in [-0.4, -0.2) is 45.7 Å². The van der Waals surface area contributed by atoms with Crippen molar-refractivity contribution in [1.82, 2.24) is 10.6 Å². The number of aryl methyl sites for hydroxylation is 1. The van der Waals surface area contributed by atoms with Crippen molar-refractivity contribution >= 4 is 17.6 Å². The molecule has 0 atom stereocenters. The third-order valence-electron chi connectivity index (χ3n) is 4.94. The Morgan fingerprint density at radius 3 is 2.82 bits per heavy atom. The zero-order valence-electron chi connectivity index (χ0n) is 16.8. The van der Waals surface area contributed by atoms with Gasteiger partial charge in [0.1, 0.15) is 5.75 Å². The largest absolute Gasteiger partial charge is 0.496 e. The first kappa shape index (κ1) is 19.7. The molecule has 0 aromatic heterocycles. The average molecular weight is 380 g/mol. The van der Waals surface area contributed by atoms with E-state index in [9.17, 15) is 4.79 Å². The van der Waals surface area contributed by atoms with E-state index in [1.807, 2.05) is 35.2 Å². The Balaban J connectivity index is 1.49. The fraction of sp³-hybridized carbons (Fsp3) is 0.364. The van der Waals surface area contributed by atoms with Crippen molar-refractivity contribution in [1.29, 1.82) is 0 Å². The molecule has 6 heteroatoms. The van der Waals surface area contributed by atoms with Gasteiger partial charge in [0.2, 0.25) is 5.91 Å². The summed E-state index contributed by atoms with van der Waals surface area (Å²) in [6.45, 7) is 3.71. The summed E-state index contributed by atoms with van der Waals surface area (Å²) in [5.41, 5.74) is 4.60. The molecule has 28 heavy (non-hydrogen) atoms. The van der Waals surface area contributed by atoms with Gasteiger partial charge >= 0.3 is 0 Å². The molecule has 2 aromatic rings. The second-order valence-corrected chi connectivity index (χ2v) is 6.84. The molecule has 1 aliphatic heterocycles. The summed E-state index contributed by atoms with van der Waals surface area (Å²) in [4.78, 5) is 18.7. The van der Waals surface area contributed by atoms with Crippen LogP contribution < -0.4 is 20.3 Å². The molecule has 0 saturated carbocycles. The van der Waals surface area contributed by atoms with Crippen LogP contribution in [0.3, 0.4) is 0 Å². The maximum Gasteiger partial charge on any atom is 0.246 e. The van der Waals surface area contributed by atoms with Gasteiger partial charge < -0.3 is 20.3 Å². The number of para-hydroxylation sites is 1. The van der Waals surface area contributed by atoms with E-state index in [4.69, 9.17) is 4.74 Å². The lowest BCUT2D eigenvalue weighted by Gasteiger charge is -2.19. The Labute approximate surface area is 166 Å². The topological polar surface area (TPSA) is 66.0 Å². The molecule has 0 spiro atoms. The minimum atomic E-state index is 0.0493. The van der Waals surface area contributed by atoms with Crippen LogP contribution in [-0.2, 0) is 17.6 Å². The molecule has 3 rings (SSSR count). The smallest absolute Gasteiger partial charge is 0.246 e. The Kier molecular flexibility index (Phi) is 6.53. The van der Waals surface area contributed by atoms with Gasteiger partial charge in [0.25, 0.3) is 0 Å². The summed E-state index contributed by atoms with van der Waals surface area (Å²) in [5, 5.41) is 6.39. The molecule has 6 nitrogen and oxygen atoms in total. The van der Waals surface area contributed by atoms with Crippen LogP contribution in [0.5, 0.6) is 5.75 Å². The number of ether oxygens (including phenoxy) is 1. The number of aliphatic imine (C=N–C) groups is 1. The number of methoxy groups -OCH3 is 1. The third kappa shape index (κ3) is 4.63. The van der Waals surface area contributed by atoms with Crippen molar-refractivity contribution in [3.63, 3.8) is 0 Å². The first-order valence-corrected chi connectivity index (χ1v) is 9.58. The second kappa shape index (κ2) is 9.26. The Bertz CT molecular complexity index is 863. The number of nitrogens with zero attached hydrogens (tertiary/aromatic N) is 2. The lowest BCUT2D eigenvalue weighted by atomic mass is 10.1. The molecule has 2 N–H and O–H groups in total. The summed E-state index contributed by atoms with van der Waals surface area (Å²) in [5.74, 6) is 1.55. The highest BCUT2D eigenvalue weighted by Crippen LogP contribution is 2.27. The van der Waals surface area contributed by atoms with Crippen molar-refractivity contribution in [2.45, 2.75) is 19.8 Å². The number of carbonyl (C=O) groups is 1. The standard InChI is InChI=1S/C22H28N4O2/c1-16-8-9-20(28-3)18(14-16)10-12-24-22(23-2)25-15-21(27)26-13-11-17-6-4-5-7-19(17)26/h4-9,14H,10-13,15H2,1-3H3,(H2,23,24,25). The van der Waals surface area contributed by atoms with E-state index in [0.717, 1.165) is 36.4 Å². The van der Waals surface area contributed by atoms with Gasteiger partial charge in [0, 0.05) is 25.8 Å². The van der Waals surface area contributed by atoms with Gasteiger partial charge in [-0.15, -0.1) is 0 Å². The predicted octanol–water partition coefficient (Wildman–Crippen LogP) is 2.30. The van der Waals surface area contributed by atoms with E-state index in [1.165, 1.54) is 11.1 Å². The number of guanidine groups is 1. The van der Waals surface area contributed by atoms with Crippen molar-refractivity contribution in [3.8, 4) is 5.75 Å². The van der Waals surface area contributed by atoms with Gasteiger partial charge in [-0.25, -0.2) is 0 Å². The number of anilines is 1. The maximum atomic E-state index is 12.6. The number of hydrogen-bond donors (Lipinski definition) is 2. The molecule has 0 bridgehead atoms. The third-order valence-corrected chi connectivity index (χ3v) is 4.94. The summed E-state index contributed by atoms with van der Waals surface area (Å²) in [6.07, 6.45) is 1.71. The van der Waals surface area contributed by atoms with Crippen LogP contribution in [0, 0.1) is 6.92 Å². The van der Waals surface area contributed by atoms with E-state index in [0.29, 0.717) is 12.5 Å². The summed E-state index contributed by atoms with van der Waals surface area (Å²) in [7, 11) is 3.39. The molecular weight excluding hydrogens is 352 g/mol. The van der Waals surface area contributed by atoms with Gasteiger partial charge in [0.05, 0.1) is 13.7 Å². The highest BCUT2D eigenvalue weighted by Gasteiger charge is 2.23. The van der Waals surface area contributed by atoms with Crippen LogP contribution in [0.4, 0.5) is 5.69 Å². The van der Waals surface area contributed by atoms with E-state index < -0.39 is 0 Å². The van der Waals surface area contributed by atoms with Gasteiger partial charge in [-0.2, -0.15) is 0 Å². The van der Waals surface area contributed by atoms with E-state index >= 15 is 0 Å². The second-order valence-electron chi connectivity index (χ2n) is 6.84. The zero-order valence-corrected chi connectivity index (χ0v) is 16.8. The highest BCUT2D eigenvalue weighted by molar-refractivity contribution is 5.98. The van der Waals surface area contributed by atoms with Crippen molar-refractivity contribution in [2.24, 2.45) is 4.99 Å². The molecule has 0 saturated heterocycles. The minimum absolute atomic E-state index is 0.0493. The van der Waals surface area contributed by atoms with E-state index in [1.54, 1.807) is 14.2 Å². The average Bonchev–Trinajstić information content (AvgIpc) is 3.14. The molecule has 0 radical (unpaired) electrons. The maximum absolute atomic E-state index is 12.6. The van der Waals surface area contributed by atoms with E-state index in [2.05, 4.69) is 34.7 Å². The number of hydrogen-bond acceptors (Lipinski definition) is 3. The van der Waals surface area contributed by atoms with Crippen molar-refractivity contribution in [2.75, 3.05) is 38.7 Å². The fourth-order valence-corrected chi connectivity index (χ4v) is 3.49. The van der Waals surface area contributed by atoms with Crippen molar-refractivity contribution < 1.29 is 9.53 Å². The summed E-state index contributed by atoms with van der Waals surface area (Å²) in [6, 6.07) is 14.2. The van der Waals surface area contributed by atoms with Crippen molar-refractivity contribution in [3.05, 3.63) is 59.2 Å². The normalized spacial score (nSPS) is 13.2. The first-order chi connectivity index (χ1) is 13.6. The molecule has 1 amide bonds. The predicted molar refractivity (Wildman–Crippen MR) is 113 cm³/mol. The Morgan fingerprint density at radius 2 is 2.04 bits per heavy atom. The molecule has 0 fully saturated rings. The number of rotatable bonds is 6. The highest BCUT2D eigenvalue weighted by atomic mass is 16.5. The molecule has 0 unspecified atom stereocenters. The van der Waals surface area contributed by atoms with Gasteiger partial charge in [-0.3, -0.25) is 9.79 Å².